The lowest BCUT2D eigenvalue weighted by atomic mass is 9.93. The fourth-order valence-electron chi connectivity index (χ4n) is 3.49. The number of hydrogen-bond donors (Lipinski definition) is 1. The first kappa shape index (κ1) is 15.8. The zero-order valence-corrected chi connectivity index (χ0v) is 12.7. The summed E-state index contributed by atoms with van der Waals surface area (Å²) in [5.41, 5.74) is -0.791. The van der Waals surface area contributed by atoms with Crippen LogP contribution in [0, 0.1) is 5.92 Å². The Morgan fingerprint density at radius 1 is 1.00 bits per heavy atom. The first-order valence-corrected chi connectivity index (χ1v) is 8.60. The average molecular weight is 282 g/mol. The molecule has 2 fully saturated rings. The predicted octanol–water partition coefficient (Wildman–Crippen LogP) is 4.54. The Hall–Kier alpha value is -0.570. The summed E-state index contributed by atoms with van der Waals surface area (Å²) in [4.78, 5) is 10.9. The molecule has 1 unspecified atom stereocenters. The molecule has 1 saturated carbocycles. The van der Waals surface area contributed by atoms with E-state index in [1.807, 2.05) is 0 Å². The molecule has 0 spiro atoms. The van der Waals surface area contributed by atoms with Gasteiger partial charge in [-0.05, 0) is 18.8 Å². The maximum absolute atomic E-state index is 10.9. The molecule has 3 heteroatoms. The SMILES string of the molecule is O=C(O)C1(CCCCCCCC2CCCCCC2)CO1. The van der Waals surface area contributed by atoms with E-state index in [2.05, 4.69) is 0 Å². The maximum Gasteiger partial charge on any atom is 0.338 e. The number of hydrogen-bond acceptors (Lipinski definition) is 2. The van der Waals surface area contributed by atoms with Crippen molar-refractivity contribution in [3.63, 3.8) is 0 Å². The molecule has 2 aliphatic rings. The molecule has 0 radical (unpaired) electrons. The Kier molecular flexibility index (Phi) is 6.34. The molecule has 1 aliphatic heterocycles. The van der Waals surface area contributed by atoms with Crippen LogP contribution in [-0.4, -0.2) is 23.3 Å². The van der Waals surface area contributed by atoms with Crippen LogP contribution in [0.1, 0.15) is 83.5 Å². The van der Waals surface area contributed by atoms with Crippen LogP contribution in [0.15, 0.2) is 0 Å². The molecule has 1 N–H and O–H groups in total. The van der Waals surface area contributed by atoms with Gasteiger partial charge < -0.3 is 9.84 Å². The number of carboxylic acid groups (broad SMARTS) is 1. The molecule has 0 bridgehead atoms. The van der Waals surface area contributed by atoms with Crippen molar-refractivity contribution >= 4 is 5.97 Å². The molecule has 1 aliphatic carbocycles. The molecular weight excluding hydrogens is 252 g/mol. The van der Waals surface area contributed by atoms with E-state index in [1.165, 1.54) is 64.2 Å². The Balaban J connectivity index is 1.43. The highest BCUT2D eigenvalue weighted by Crippen LogP contribution is 2.33. The minimum atomic E-state index is -0.791. The third-order valence-corrected chi connectivity index (χ3v) is 5.05. The van der Waals surface area contributed by atoms with E-state index in [1.54, 1.807) is 0 Å². The highest BCUT2D eigenvalue weighted by atomic mass is 16.6. The number of ether oxygens (including phenoxy) is 1. The highest BCUT2D eigenvalue weighted by molar-refractivity contribution is 5.80. The van der Waals surface area contributed by atoms with Crippen molar-refractivity contribution in [3.8, 4) is 0 Å². The second-order valence-corrected chi connectivity index (χ2v) is 6.75. The summed E-state index contributed by atoms with van der Waals surface area (Å²) in [7, 11) is 0. The number of rotatable bonds is 9. The van der Waals surface area contributed by atoms with Crippen LogP contribution in [0.25, 0.3) is 0 Å². The quantitative estimate of drug-likeness (QED) is 0.383. The van der Waals surface area contributed by atoms with Gasteiger partial charge in [-0.1, -0.05) is 70.6 Å². The zero-order chi connectivity index (χ0) is 14.3. The van der Waals surface area contributed by atoms with Gasteiger partial charge >= 0.3 is 5.97 Å². The van der Waals surface area contributed by atoms with Crippen LogP contribution in [0.3, 0.4) is 0 Å². The van der Waals surface area contributed by atoms with Crippen molar-refractivity contribution in [2.24, 2.45) is 5.92 Å². The van der Waals surface area contributed by atoms with Crippen LogP contribution in [0.2, 0.25) is 0 Å². The van der Waals surface area contributed by atoms with E-state index in [-0.39, 0.29) is 0 Å². The van der Waals surface area contributed by atoms with E-state index in [0.29, 0.717) is 13.0 Å². The summed E-state index contributed by atoms with van der Waals surface area (Å²) in [6, 6.07) is 0. The summed E-state index contributed by atoms with van der Waals surface area (Å²) < 4.78 is 5.08. The second-order valence-electron chi connectivity index (χ2n) is 6.75. The van der Waals surface area contributed by atoms with Gasteiger partial charge in [0.25, 0.3) is 0 Å². The molecule has 3 nitrogen and oxygen atoms in total. The van der Waals surface area contributed by atoms with Gasteiger partial charge in [0.2, 0.25) is 0 Å². The van der Waals surface area contributed by atoms with Crippen LogP contribution in [0.4, 0.5) is 0 Å². The van der Waals surface area contributed by atoms with Crippen molar-refractivity contribution in [1.82, 2.24) is 0 Å². The average Bonchev–Trinajstić information content (AvgIpc) is 3.22. The second kappa shape index (κ2) is 8.02. The van der Waals surface area contributed by atoms with E-state index in [4.69, 9.17) is 9.84 Å². The minimum Gasteiger partial charge on any atom is -0.479 e. The number of aliphatic carboxylic acids is 1. The molecule has 0 aromatic carbocycles. The van der Waals surface area contributed by atoms with Crippen molar-refractivity contribution in [3.05, 3.63) is 0 Å². The molecule has 116 valence electrons. The van der Waals surface area contributed by atoms with Crippen LogP contribution in [-0.2, 0) is 9.53 Å². The van der Waals surface area contributed by atoms with Gasteiger partial charge in [0.15, 0.2) is 5.60 Å². The third kappa shape index (κ3) is 5.08. The molecule has 20 heavy (non-hydrogen) atoms. The number of epoxide rings is 1. The van der Waals surface area contributed by atoms with Gasteiger partial charge in [-0.25, -0.2) is 4.79 Å². The van der Waals surface area contributed by atoms with Crippen molar-refractivity contribution < 1.29 is 14.6 Å². The summed E-state index contributed by atoms with van der Waals surface area (Å²) in [6.45, 7) is 0.421. The Labute approximate surface area is 123 Å². The lowest BCUT2D eigenvalue weighted by molar-refractivity contribution is -0.143. The molecule has 1 atom stereocenters. The van der Waals surface area contributed by atoms with E-state index >= 15 is 0 Å². The molecule has 0 aromatic heterocycles. The summed E-state index contributed by atoms with van der Waals surface area (Å²) in [5, 5.41) is 8.99. The molecule has 1 heterocycles. The Morgan fingerprint density at radius 3 is 2.20 bits per heavy atom. The van der Waals surface area contributed by atoms with Gasteiger partial charge in [0, 0.05) is 0 Å². The normalized spacial score (nSPS) is 27.2. The predicted molar refractivity (Wildman–Crippen MR) is 79.8 cm³/mol. The zero-order valence-electron chi connectivity index (χ0n) is 12.7. The van der Waals surface area contributed by atoms with Crippen molar-refractivity contribution in [2.75, 3.05) is 6.61 Å². The standard InChI is InChI=1S/C17H30O3/c18-16(19)17(14-20-17)13-9-5-1-2-6-10-15-11-7-3-4-8-12-15/h15H,1-14H2,(H,18,19). The molecule has 0 amide bonds. The van der Waals surface area contributed by atoms with Gasteiger partial charge in [0.1, 0.15) is 0 Å². The first-order valence-electron chi connectivity index (χ1n) is 8.60. The molecule has 1 saturated heterocycles. The smallest absolute Gasteiger partial charge is 0.338 e. The lowest BCUT2D eigenvalue weighted by Gasteiger charge is -2.13. The summed E-state index contributed by atoms with van der Waals surface area (Å²) in [5.74, 6) is 0.221. The lowest BCUT2D eigenvalue weighted by Crippen LogP contribution is -2.23. The highest BCUT2D eigenvalue weighted by Gasteiger charge is 2.51. The van der Waals surface area contributed by atoms with E-state index in [9.17, 15) is 4.79 Å². The van der Waals surface area contributed by atoms with Gasteiger partial charge in [-0.3, -0.25) is 0 Å². The minimum absolute atomic E-state index is 0.421. The van der Waals surface area contributed by atoms with Crippen LogP contribution >= 0.6 is 0 Å². The number of carbonyl (C=O) groups is 1. The van der Waals surface area contributed by atoms with E-state index in [0.717, 1.165) is 18.8 Å². The van der Waals surface area contributed by atoms with Gasteiger partial charge in [-0.2, -0.15) is 0 Å². The van der Waals surface area contributed by atoms with Gasteiger partial charge in [0.05, 0.1) is 6.61 Å². The van der Waals surface area contributed by atoms with Crippen molar-refractivity contribution in [2.45, 2.75) is 89.1 Å². The largest absolute Gasteiger partial charge is 0.479 e. The fraction of sp³-hybridized carbons (Fsp3) is 0.941. The molecular formula is C17H30O3. The number of carboxylic acids is 1. The monoisotopic (exact) mass is 282 g/mol. The molecule has 0 aromatic rings. The van der Waals surface area contributed by atoms with Crippen molar-refractivity contribution in [1.29, 1.82) is 0 Å². The summed E-state index contributed by atoms with van der Waals surface area (Å²) in [6.07, 6.45) is 16.9. The fourth-order valence-corrected chi connectivity index (χ4v) is 3.49. The van der Waals surface area contributed by atoms with Crippen LogP contribution < -0.4 is 0 Å². The van der Waals surface area contributed by atoms with Gasteiger partial charge in [-0.15, -0.1) is 0 Å². The topological polar surface area (TPSA) is 49.8 Å². The third-order valence-electron chi connectivity index (χ3n) is 5.05. The number of unbranched alkanes of at least 4 members (excludes halogenated alkanes) is 4. The maximum atomic E-state index is 10.9. The Morgan fingerprint density at radius 2 is 1.60 bits per heavy atom. The summed E-state index contributed by atoms with van der Waals surface area (Å²) >= 11 is 0. The van der Waals surface area contributed by atoms with E-state index < -0.39 is 11.6 Å². The van der Waals surface area contributed by atoms with Crippen LogP contribution in [0.5, 0.6) is 0 Å². The Bertz CT molecular complexity index is 289. The molecule has 2 rings (SSSR count). The first-order chi connectivity index (χ1) is 9.73.